The number of halogens is 2. The summed E-state index contributed by atoms with van der Waals surface area (Å²) in [6.07, 6.45) is 0. The van der Waals surface area contributed by atoms with Gasteiger partial charge in [0.25, 0.3) is 0 Å². The van der Waals surface area contributed by atoms with Crippen molar-refractivity contribution in [2.24, 2.45) is 0 Å². The van der Waals surface area contributed by atoms with Gasteiger partial charge in [0.2, 0.25) is 0 Å². The first-order valence-corrected chi connectivity index (χ1v) is 6.06. The van der Waals surface area contributed by atoms with Crippen LogP contribution in [-0.2, 0) is 13.1 Å². The van der Waals surface area contributed by atoms with Gasteiger partial charge in [0.15, 0.2) is 0 Å². The molecule has 0 unspecified atom stereocenters. The summed E-state index contributed by atoms with van der Waals surface area (Å²) in [6.45, 7) is 1.32. The van der Waals surface area contributed by atoms with Crippen molar-refractivity contribution in [1.82, 2.24) is 10.9 Å². The van der Waals surface area contributed by atoms with Gasteiger partial charge in [0.05, 0.1) is 0 Å². The zero-order valence-electron chi connectivity index (χ0n) is 9.79. The van der Waals surface area contributed by atoms with Crippen molar-refractivity contribution in [3.05, 3.63) is 70.5 Å². The molecule has 0 spiro atoms. The standard InChI is InChI=1S/C14H14ClFN2/c15-13-3-1-2-12(8-13)10-18-17-9-11-4-6-14(16)7-5-11/h1-8,17-18H,9-10H2. The van der Waals surface area contributed by atoms with Gasteiger partial charge in [-0.2, -0.15) is 0 Å². The largest absolute Gasteiger partial charge is 0.253 e. The molecule has 0 aliphatic carbocycles. The van der Waals surface area contributed by atoms with E-state index in [0.717, 1.165) is 16.1 Å². The van der Waals surface area contributed by atoms with Crippen LogP contribution in [0.4, 0.5) is 4.39 Å². The molecule has 2 rings (SSSR count). The minimum absolute atomic E-state index is 0.217. The quantitative estimate of drug-likeness (QED) is 0.640. The highest BCUT2D eigenvalue weighted by Gasteiger charge is 1.95. The van der Waals surface area contributed by atoms with Gasteiger partial charge in [-0.3, -0.25) is 10.9 Å². The fourth-order valence-electron chi connectivity index (χ4n) is 1.58. The highest BCUT2D eigenvalue weighted by molar-refractivity contribution is 6.30. The third-order valence-electron chi connectivity index (χ3n) is 2.51. The zero-order valence-corrected chi connectivity index (χ0v) is 10.5. The summed E-state index contributed by atoms with van der Waals surface area (Å²) in [5.41, 5.74) is 8.29. The van der Waals surface area contributed by atoms with Crippen molar-refractivity contribution in [2.45, 2.75) is 13.1 Å². The summed E-state index contributed by atoms with van der Waals surface area (Å²) in [5.74, 6) is -0.217. The van der Waals surface area contributed by atoms with Crippen molar-refractivity contribution in [3.8, 4) is 0 Å². The molecule has 0 fully saturated rings. The first-order chi connectivity index (χ1) is 8.74. The second kappa shape index (κ2) is 6.50. The van der Waals surface area contributed by atoms with E-state index in [0.29, 0.717) is 13.1 Å². The highest BCUT2D eigenvalue weighted by atomic mass is 35.5. The summed E-state index contributed by atoms with van der Waals surface area (Å²) in [5, 5.41) is 0.729. The molecule has 0 aromatic heterocycles. The lowest BCUT2D eigenvalue weighted by Gasteiger charge is -2.07. The maximum absolute atomic E-state index is 12.7. The number of hydrogen-bond donors (Lipinski definition) is 2. The van der Waals surface area contributed by atoms with Crippen molar-refractivity contribution >= 4 is 11.6 Å². The van der Waals surface area contributed by atoms with Gasteiger partial charge in [-0.1, -0.05) is 35.9 Å². The molecule has 18 heavy (non-hydrogen) atoms. The fourth-order valence-corrected chi connectivity index (χ4v) is 1.79. The molecule has 0 radical (unpaired) electrons. The van der Waals surface area contributed by atoms with E-state index in [1.54, 1.807) is 12.1 Å². The smallest absolute Gasteiger partial charge is 0.123 e. The van der Waals surface area contributed by atoms with Crippen LogP contribution in [0.1, 0.15) is 11.1 Å². The molecule has 0 amide bonds. The molecular weight excluding hydrogens is 251 g/mol. The molecule has 2 nitrogen and oxygen atoms in total. The molecule has 0 heterocycles. The molecule has 94 valence electrons. The molecule has 2 aromatic rings. The number of rotatable bonds is 5. The van der Waals surface area contributed by atoms with Crippen LogP contribution in [0.3, 0.4) is 0 Å². The van der Waals surface area contributed by atoms with Gasteiger partial charge in [-0.05, 0) is 35.4 Å². The lowest BCUT2D eigenvalue weighted by molar-refractivity contribution is 0.529. The third kappa shape index (κ3) is 4.11. The Kier molecular flexibility index (Phi) is 4.70. The molecular formula is C14H14ClFN2. The van der Waals surface area contributed by atoms with E-state index in [2.05, 4.69) is 10.9 Å². The van der Waals surface area contributed by atoms with Crippen LogP contribution in [0.25, 0.3) is 0 Å². The number of hydrogen-bond acceptors (Lipinski definition) is 2. The van der Waals surface area contributed by atoms with Gasteiger partial charge in [0.1, 0.15) is 5.82 Å². The Bertz CT molecular complexity index is 499. The Hall–Kier alpha value is -1.42. The first-order valence-electron chi connectivity index (χ1n) is 5.68. The third-order valence-corrected chi connectivity index (χ3v) is 2.75. The van der Waals surface area contributed by atoms with Crippen LogP contribution < -0.4 is 10.9 Å². The number of benzene rings is 2. The van der Waals surface area contributed by atoms with Crippen LogP contribution in [0, 0.1) is 5.82 Å². The normalized spacial score (nSPS) is 10.6. The number of nitrogens with one attached hydrogen (secondary N) is 2. The van der Waals surface area contributed by atoms with Gasteiger partial charge in [0, 0.05) is 18.1 Å². The summed E-state index contributed by atoms with van der Waals surface area (Å²) < 4.78 is 12.7. The summed E-state index contributed by atoms with van der Waals surface area (Å²) in [6, 6.07) is 14.1. The van der Waals surface area contributed by atoms with E-state index in [1.165, 1.54) is 12.1 Å². The summed E-state index contributed by atoms with van der Waals surface area (Å²) in [7, 11) is 0. The molecule has 2 N–H and O–H groups in total. The number of hydrazine groups is 1. The summed E-state index contributed by atoms with van der Waals surface area (Å²) in [4.78, 5) is 0. The van der Waals surface area contributed by atoms with Crippen LogP contribution in [-0.4, -0.2) is 0 Å². The molecule has 0 bridgehead atoms. The van der Waals surface area contributed by atoms with Crippen molar-refractivity contribution < 1.29 is 4.39 Å². The maximum Gasteiger partial charge on any atom is 0.123 e. The van der Waals surface area contributed by atoms with E-state index in [1.807, 2.05) is 24.3 Å². The minimum atomic E-state index is -0.217. The van der Waals surface area contributed by atoms with Crippen LogP contribution >= 0.6 is 11.6 Å². The lowest BCUT2D eigenvalue weighted by atomic mass is 10.2. The van der Waals surface area contributed by atoms with Crippen molar-refractivity contribution in [3.63, 3.8) is 0 Å². The van der Waals surface area contributed by atoms with E-state index in [-0.39, 0.29) is 5.82 Å². The Morgan fingerprint density at radius 3 is 2.22 bits per heavy atom. The molecule has 0 saturated carbocycles. The molecule has 0 saturated heterocycles. The van der Waals surface area contributed by atoms with Gasteiger partial charge >= 0.3 is 0 Å². The maximum atomic E-state index is 12.7. The summed E-state index contributed by atoms with van der Waals surface area (Å²) >= 11 is 5.88. The predicted molar refractivity (Wildman–Crippen MR) is 71.5 cm³/mol. The average molecular weight is 265 g/mol. The fraction of sp³-hybridized carbons (Fsp3) is 0.143. The van der Waals surface area contributed by atoms with E-state index < -0.39 is 0 Å². The lowest BCUT2D eigenvalue weighted by Crippen LogP contribution is -2.30. The van der Waals surface area contributed by atoms with Gasteiger partial charge in [-0.15, -0.1) is 0 Å². The molecule has 0 atom stereocenters. The van der Waals surface area contributed by atoms with E-state index >= 15 is 0 Å². The molecule has 2 aromatic carbocycles. The van der Waals surface area contributed by atoms with Crippen LogP contribution in [0.15, 0.2) is 48.5 Å². The van der Waals surface area contributed by atoms with Crippen LogP contribution in [0.2, 0.25) is 5.02 Å². The topological polar surface area (TPSA) is 24.1 Å². The van der Waals surface area contributed by atoms with Crippen molar-refractivity contribution in [1.29, 1.82) is 0 Å². The zero-order chi connectivity index (χ0) is 12.8. The Balaban J connectivity index is 1.74. The van der Waals surface area contributed by atoms with Crippen LogP contribution in [0.5, 0.6) is 0 Å². The Morgan fingerprint density at radius 1 is 0.889 bits per heavy atom. The monoisotopic (exact) mass is 264 g/mol. The van der Waals surface area contributed by atoms with Gasteiger partial charge < -0.3 is 0 Å². The van der Waals surface area contributed by atoms with E-state index in [9.17, 15) is 4.39 Å². The van der Waals surface area contributed by atoms with E-state index in [4.69, 9.17) is 11.6 Å². The minimum Gasteiger partial charge on any atom is -0.253 e. The highest BCUT2D eigenvalue weighted by Crippen LogP contribution is 2.10. The molecule has 4 heteroatoms. The first kappa shape index (κ1) is 13.0. The van der Waals surface area contributed by atoms with Gasteiger partial charge in [-0.25, -0.2) is 4.39 Å². The average Bonchev–Trinajstić information content (AvgIpc) is 2.37. The second-order valence-electron chi connectivity index (χ2n) is 3.96. The molecule has 0 aliphatic rings. The Morgan fingerprint density at radius 2 is 1.56 bits per heavy atom. The SMILES string of the molecule is Fc1ccc(CNNCc2cccc(Cl)c2)cc1. The predicted octanol–water partition coefficient (Wildman–Crippen LogP) is 3.27. The second-order valence-corrected chi connectivity index (χ2v) is 4.40. The Labute approximate surface area is 111 Å². The van der Waals surface area contributed by atoms with Crippen molar-refractivity contribution in [2.75, 3.05) is 0 Å². The molecule has 0 aliphatic heterocycles.